The van der Waals surface area contributed by atoms with Gasteiger partial charge in [-0.1, -0.05) is 60.7 Å². The summed E-state index contributed by atoms with van der Waals surface area (Å²) in [4.78, 5) is 56.5. The number of alkyl halides is 6. The molecule has 0 radical (unpaired) electrons. The monoisotopic (exact) mass is 706 g/mol. The Bertz CT molecular complexity index is 1380. The number of hydrogen-bond donors (Lipinski definition) is 6. The van der Waals surface area contributed by atoms with Crippen molar-refractivity contribution in [2.45, 2.75) is 43.6 Å². The molecule has 0 aliphatic carbocycles. The Kier molecular flexibility index (Phi) is 15.8. The smallest absolute Gasteiger partial charge is 0.475 e. The fourth-order valence-electron chi connectivity index (χ4n) is 4.43. The zero-order valence-electron chi connectivity index (χ0n) is 25.8. The topological polar surface area (TPSA) is 244 Å². The van der Waals surface area contributed by atoms with E-state index in [1.165, 1.54) is 4.90 Å². The third kappa shape index (κ3) is 14.0. The van der Waals surface area contributed by atoms with Crippen molar-refractivity contribution in [2.75, 3.05) is 26.2 Å². The summed E-state index contributed by atoms with van der Waals surface area (Å²) >= 11 is 0. The van der Waals surface area contributed by atoms with Crippen molar-refractivity contribution in [3.8, 4) is 0 Å². The second kappa shape index (κ2) is 18.7. The number of nitrogens with zero attached hydrogens (tertiary/aromatic N) is 4. The molecule has 1 saturated heterocycles. The molecule has 3 rings (SSSR count). The second-order valence-electron chi connectivity index (χ2n) is 10.2. The molecule has 2 aromatic carbocycles. The Morgan fingerprint density at radius 2 is 1.02 bits per heavy atom. The fraction of sp³-hybridized carbons (Fsp3) is 0.379. The minimum Gasteiger partial charge on any atom is -0.475 e. The maximum absolute atomic E-state index is 14.0. The van der Waals surface area contributed by atoms with Crippen molar-refractivity contribution in [3.05, 3.63) is 71.8 Å². The van der Waals surface area contributed by atoms with Gasteiger partial charge in [0.1, 0.15) is 5.54 Å². The normalized spacial score (nSPS) is 13.8. The number of hydrogen-bond acceptors (Lipinski definition) is 6. The number of carbonyl (C=O) groups is 4. The number of aliphatic carboxylic acids is 2. The quantitative estimate of drug-likeness (QED) is 0.0617. The number of benzene rings is 2. The standard InChI is InChI=1S/C25H34N8O2.2C2HF3O2/c26-22(27)30-13-7-15-32-21(34)25(17-19-9-3-1-4-10-19,18-20-11-5-2-6-12-20)33(24(32)35)16-8-14-31-23(28)29;2*3-2(4,5)1(6)7/h1-6,9-12H,7-8,13-18H2,(H4,26,27,30)(H4,28,29,31);2*(H,6,7). The van der Waals surface area contributed by atoms with E-state index >= 15 is 0 Å². The third-order valence-corrected chi connectivity index (χ3v) is 6.45. The molecule has 1 fully saturated rings. The van der Waals surface area contributed by atoms with Crippen molar-refractivity contribution in [3.63, 3.8) is 0 Å². The van der Waals surface area contributed by atoms with Crippen LogP contribution in [0.1, 0.15) is 24.0 Å². The van der Waals surface area contributed by atoms with E-state index in [-0.39, 0.29) is 30.4 Å². The first-order valence-electron chi connectivity index (χ1n) is 14.1. The average molecular weight is 707 g/mol. The lowest BCUT2D eigenvalue weighted by molar-refractivity contribution is -0.193. The van der Waals surface area contributed by atoms with Gasteiger partial charge in [-0.2, -0.15) is 26.3 Å². The first kappa shape index (κ1) is 41.5. The van der Waals surface area contributed by atoms with E-state index in [0.717, 1.165) is 11.1 Å². The van der Waals surface area contributed by atoms with Crippen molar-refractivity contribution in [1.82, 2.24) is 9.80 Å². The average Bonchev–Trinajstić information content (AvgIpc) is 3.18. The minimum absolute atomic E-state index is 0.00461. The van der Waals surface area contributed by atoms with Crippen LogP contribution in [0, 0.1) is 0 Å². The summed E-state index contributed by atoms with van der Waals surface area (Å²) < 4.78 is 63.5. The molecule has 0 bridgehead atoms. The molecule has 20 heteroatoms. The molecule has 0 saturated carbocycles. The minimum atomic E-state index is -5.08. The highest BCUT2D eigenvalue weighted by Crippen LogP contribution is 2.35. The van der Waals surface area contributed by atoms with Gasteiger partial charge in [-0.3, -0.25) is 19.7 Å². The lowest BCUT2D eigenvalue weighted by Crippen LogP contribution is -2.53. The molecule has 10 N–H and O–H groups in total. The molecule has 270 valence electrons. The van der Waals surface area contributed by atoms with Gasteiger partial charge in [0.2, 0.25) is 0 Å². The lowest BCUT2D eigenvalue weighted by Gasteiger charge is -2.36. The van der Waals surface area contributed by atoms with Crippen molar-refractivity contribution in [1.29, 1.82) is 0 Å². The highest BCUT2D eigenvalue weighted by molar-refractivity contribution is 6.07. The van der Waals surface area contributed by atoms with Crippen LogP contribution in [0.5, 0.6) is 0 Å². The number of guanidine groups is 2. The van der Waals surface area contributed by atoms with Gasteiger partial charge in [-0.15, -0.1) is 0 Å². The van der Waals surface area contributed by atoms with Gasteiger partial charge >= 0.3 is 30.3 Å². The number of nitrogens with two attached hydrogens (primary N) is 4. The summed E-state index contributed by atoms with van der Waals surface area (Å²) in [6.45, 7) is 1.25. The summed E-state index contributed by atoms with van der Waals surface area (Å²) in [5.74, 6) is -5.76. The van der Waals surface area contributed by atoms with E-state index in [1.54, 1.807) is 4.90 Å². The summed E-state index contributed by atoms with van der Waals surface area (Å²) in [5, 5.41) is 14.2. The summed E-state index contributed by atoms with van der Waals surface area (Å²) in [7, 11) is 0. The van der Waals surface area contributed by atoms with Crippen LogP contribution in [0.4, 0.5) is 31.1 Å². The summed E-state index contributed by atoms with van der Waals surface area (Å²) in [6.07, 6.45) is -8.41. The summed E-state index contributed by atoms with van der Waals surface area (Å²) in [6, 6.07) is 19.2. The molecule has 2 aromatic rings. The lowest BCUT2D eigenvalue weighted by atomic mass is 9.83. The Morgan fingerprint density at radius 1 is 0.673 bits per heavy atom. The number of urea groups is 1. The number of imide groups is 1. The van der Waals surface area contributed by atoms with Gasteiger partial charge in [0, 0.05) is 39.0 Å². The predicted molar refractivity (Wildman–Crippen MR) is 165 cm³/mol. The highest BCUT2D eigenvalue weighted by atomic mass is 19.4. The van der Waals surface area contributed by atoms with Crippen LogP contribution in [0.3, 0.4) is 0 Å². The first-order valence-corrected chi connectivity index (χ1v) is 14.1. The predicted octanol–water partition coefficient (Wildman–Crippen LogP) is 2.07. The van der Waals surface area contributed by atoms with E-state index in [2.05, 4.69) is 9.98 Å². The maximum Gasteiger partial charge on any atom is 0.490 e. The zero-order valence-corrected chi connectivity index (χ0v) is 25.8. The Balaban J connectivity index is 0.000000717. The molecule has 1 aliphatic heterocycles. The Hall–Kier alpha value is -5.56. The van der Waals surface area contributed by atoms with Crippen LogP contribution in [-0.4, -0.2) is 99.9 Å². The number of halogens is 6. The molecule has 3 amide bonds. The SMILES string of the molecule is NC(N)=NCCCN1C(=O)N(CCCN=C(N)N)C(Cc2ccccc2)(Cc2ccccc2)C1=O.O=C(O)C(F)(F)F.O=C(O)C(F)(F)F. The van der Waals surface area contributed by atoms with Gasteiger partial charge in [-0.25, -0.2) is 14.4 Å². The van der Waals surface area contributed by atoms with Gasteiger partial charge in [0.05, 0.1) is 0 Å². The van der Waals surface area contributed by atoms with Gasteiger partial charge in [0.25, 0.3) is 5.91 Å². The van der Waals surface area contributed by atoms with Crippen LogP contribution in [-0.2, 0) is 27.2 Å². The van der Waals surface area contributed by atoms with E-state index in [0.29, 0.717) is 45.3 Å². The molecule has 0 unspecified atom stereocenters. The molecule has 1 heterocycles. The molecule has 1 aliphatic rings. The Labute approximate surface area is 276 Å². The third-order valence-electron chi connectivity index (χ3n) is 6.45. The van der Waals surface area contributed by atoms with E-state index in [4.69, 9.17) is 42.7 Å². The van der Waals surface area contributed by atoms with E-state index < -0.39 is 29.8 Å². The van der Waals surface area contributed by atoms with Crippen LogP contribution < -0.4 is 22.9 Å². The Morgan fingerprint density at radius 3 is 1.35 bits per heavy atom. The molecule has 14 nitrogen and oxygen atoms in total. The molecule has 0 atom stereocenters. The highest BCUT2D eigenvalue weighted by Gasteiger charge is 2.56. The summed E-state index contributed by atoms with van der Waals surface area (Å²) in [5.41, 5.74) is 22.6. The van der Waals surface area contributed by atoms with Gasteiger partial charge < -0.3 is 38.0 Å². The van der Waals surface area contributed by atoms with Crippen molar-refractivity contribution in [2.24, 2.45) is 32.9 Å². The van der Waals surface area contributed by atoms with Crippen LogP contribution in [0.25, 0.3) is 0 Å². The van der Waals surface area contributed by atoms with E-state index in [9.17, 15) is 35.9 Å². The maximum atomic E-state index is 14.0. The number of aliphatic imine (C=N–C) groups is 2. The molecular formula is C29H36F6N8O6. The number of amides is 3. The number of carboxylic acids is 2. The van der Waals surface area contributed by atoms with Crippen LogP contribution >= 0.6 is 0 Å². The van der Waals surface area contributed by atoms with E-state index in [1.807, 2.05) is 60.7 Å². The number of carbonyl (C=O) groups excluding carboxylic acids is 2. The molecule has 0 spiro atoms. The molecular weight excluding hydrogens is 670 g/mol. The van der Waals surface area contributed by atoms with Crippen LogP contribution in [0.15, 0.2) is 70.6 Å². The van der Waals surface area contributed by atoms with Crippen molar-refractivity contribution < 1.29 is 55.7 Å². The fourth-order valence-corrected chi connectivity index (χ4v) is 4.43. The second-order valence-corrected chi connectivity index (χ2v) is 10.2. The van der Waals surface area contributed by atoms with Gasteiger partial charge in [0.15, 0.2) is 11.9 Å². The zero-order chi connectivity index (χ0) is 37.4. The van der Waals surface area contributed by atoms with Crippen molar-refractivity contribution >= 4 is 35.8 Å². The van der Waals surface area contributed by atoms with Gasteiger partial charge in [-0.05, 0) is 24.0 Å². The van der Waals surface area contributed by atoms with Crippen LogP contribution in [0.2, 0.25) is 0 Å². The molecule has 0 aromatic heterocycles. The largest absolute Gasteiger partial charge is 0.490 e. The first-order chi connectivity index (χ1) is 22.7. The number of carboxylic acid groups (broad SMARTS) is 2. The molecule has 49 heavy (non-hydrogen) atoms. The number of rotatable bonds is 12.